The smallest absolute Gasteiger partial charge is 0.336 e. The topological polar surface area (TPSA) is 88.1 Å². The van der Waals surface area contributed by atoms with Crippen molar-refractivity contribution >= 4 is 12.0 Å². The molecule has 0 saturated heterocycles. The van der Waals surface area contributed by atoms with Gasteiger partial charge in [-0.1, -0.05) is 54.4 Å². The number of hydrogen-bond donors (Lipinski definition) is 2. The zero-order chi connectivity index (χ0) is 25.9. The van der Waals surface area contributed by atoms with E-state index < -0.39 is 5.97 Å². The molecule has 0 radical (unpaired) electrons. The molecule has 0 spiro atoms. The normalized spacial score (nSPS) is 17.5. The number of aryl methyl sites for hydroxylation is 2. The first kappa shape index (κ1) is 27.7. The summed E-state index contributed by atoms with van der Waals surface area (Å²) in [6.07, 6.45) is 4.14. The predicted octanol–water partition coefficient (Wildman–Crippen LogP) is 5.33. The number of nitrogens with zero attached hydrogens (tertiary/aromatic N) is 1. The molecule has 7 heteroatoms. The first-order valence-corrected chi connectivity index (χ1v) is 13.0. The van der Waals surface area contributed by atoms with Crippen molar-refractivity contribution in [2.45, 2.75) is 65.7 Å². The Hall–Kier alpha value is -2.90. The van der Waals surface area contributed by atoms with Crippen LogP contribution in [0.3, 0.4) is 0 Å². The van der Waals surface area contributed by atoms with Gasteiger partial charge in [-0.15, -0.1) is 0 Å². The van der Waals surface area contributed by atoms with E-state index in [4.69, 9.17) is 9.47 Å². The van der Waals surface area contributed by atoms with Gasteiger partial charge in [0.05, 0.1) is 24.9 Å². The average Bonchev–Trinajstić information content (AvgIpc) is 2.86. The molecule has 2 N–H and O–H groups in total. The standard InChI is InChI=1S/C29H40N2O5/c1-4-30-29(34)31(18-23-13-11-21(2)12-14-23)15-16-35-19-24-8-6-10-26(17-24)36-20-25-9-5-7-22(3)27(25)28(32)33/h5,7,9,11-14,24,26H,4,6,8,10,15-20H2,1-3H3,(H,30,34)(H,32,33)/t24?,26-/m1/s1. The quantitative estimate of drug-likeness (QED) is 0.388. The highest BCUT2D eigenvalue weighted by molar-refractivity contribution is 5.91. The highest BCUT2D eigenvalue weighted by Gasteiger charge is 2.24. The molecule has 7 nitrogen and oxygen atoms in total. The lowest BCUT2D eigenvalue weighted by atomic mass is 9.87. The van der Waals surface area contributed by atoms with E-state index >= 15 is 0 Å². The first-order valence-electron chi connectivity index (χ1n) is 13.0. The van der Waals surface area contributed by atoms with Crippen molar-refractivity contribution in [3.8, 4) is 0 Å². The van der Waals surface area contributed by atoms with Gasteiger partial charge in [0.1, 0.15) is 0 Å². The Morgan fingerprint density at radius 1 is 1.11 bits per heavy atom. The number of hydrogen-bond acceptors (Lipinski definition) is 4. The number of carboxylic acid groups (broad SMARTS) is 1. The molecule has 0 bridgehead atoms. The van der Waals surface area contributed by atoms with Crippen molar-refractivity contribution in [2.24, 2.45) is 5.92 Å². The zero-order valence-electron chi connectivity index (χ0n) is 21.8. The summed E-state index contributed by atoms with van der Waals surface area (Å²) in [6.45, 7) is 8.87. The van der Waals surface area contributed by atoms with E-state index in [1.165, 1.54) is 5.56 Å². The average molecular weight is 497 g/mol. The lowest BCUT2D eigenvalue weighted by molar-refractivity contribution is -0.0170. The van der Waals surface area contributed by atoms with Gasteiger partial charge in [0.15, 0.2) is 0 Å². The predicted molar refractivity (Wildman–Crippen MR) is 140 cm³/mol. The summed E-state index contributed by atoms with van der Waals surface area (Å²) < 4.78 is 12.2. The summed E-state index contributed by atoms with van der Waals surface area (Å²) >= 11 is 0. The number of nitrogens with one attached hydrogen (secondary N) is 1. The van der Waals surface area contributed by atoms with Crippen LogP contribution in [0.5, 0.6) is 0 Å². The van der Waals surface area contributed by atoms with Gasteiger partial charge >= 0.3 is 12.0 Å². The van der Waals surface area contributed by atoms with Gasteiger partial charge in [0.25, 0.3) is 0 Å². The Morgan fingerprint density at radius 3 is 2.61 bits per heavy atom. The lowest BCUT2D eigenvalue weighted by Gasteiger charge is -2.29. The molecule has 1 aliphatic rings. The molecule has 2 aromatic carbocycles. The second-order valence-corrected chi connectivity index (χ2v) is 9.70. The molecule has 2 amide bonds. The maximum atomic E-state index is 12.5. The fraction of sp³-hybridized carbons (Fsp3) is 0.517. The van der Waals surface area contributed by atoms with Crippen molar-refractivity contribution in [1.82, 2.24) is 10.2 Å². The number of carbonyl (C=O) groups is 2. The minimum Gasteiger partial charge on any atom is -0.478 e. The highest BCUT2D eigenvalue weighted by Crippen LogP contribution is 2.28. The lowest BCUT2D eigenvalue weighted by Crippen LogP contribution is -2.41. The fourth-order valence-corrected chi connectivity index (χ4v) is 4.76. The van der Waals surface area contributed by atoms with E-state index in [9.17, 15) is 14.7 Å². The van der Waals surface area contributed by atoms with Crippen LogP contribution >= 0.6 is 0 Å². The molecule has 1 saturated carbocycles. The number of carboxylic acids is 1. The Labute approximate surface area is 214 Å². The van der Waals surface area contributed by atoms with Crippen molar-refractivity contribution < 1.29 is 24.2 Å². The van der Waals surface area contributed by atoms with E-state index in [1.807, 2.05) is 32.0 Å². The van der Waals surface area contributed by atoms with E-state index in [0.717, 1.165) is 42.4 Å². The van der Waals surface area contributed by atoms with Gasteiger partial charge in [0, 0.05) is 26.2 Å². The molecule has 2 aromatic rings. The maximum absolute atomic E-state index is 12.5. The van der Waals surface area contributed by atoms with Crippen LogP contribution in [0, 0.1) is 19.8 Å². The van der Waals surface area contributed by atoms with Crippen LogP contribution < -0.4 is 5.32 Å². The zero-order valence-corrected chi connectivity index (χ0v) is 21.8. The number of benzene rings is 2. The summed E-state index contributed by atoms with van der Waals surface area (Å²) in [5.41, 5.74) is 4.11. The van der Waals surface area contributed by atoms with Crippen LogP contribution in [-0.2, 0) is 22.6 Å². The second-order valence-electron chi connectivity index (χ2n) is 9.70. The van der Waals surface area contributed by atoms with Crippen LogP contribution in [-0.4, -0.2) is 54.4 Å². The molecule has 1 fully saturated rings. The second kappa shape index (κ2) is 14.0. The summed E-state index contributed by atoms with van der Waals surface area (Å²) in [5, 5.41) is 12.4. The molecule has 36 heavy (non-hydrogen) atoms. The van der Waals surface area contributed by atoms with E-state index in [1.54, 1.807) is 4.90 Å². The van der Waals surface area contributed by atoms with E-state index in [-0.39, 0.29) is 12.1 Å². The van der Waals surface area contributed by atoms with Gasteiger partial charge in [0.2, 0.25) is 0 Å². The fourth-order valence-electron chi connectivity index (χ4n) is 4.76. The molecule has 0 heterocycles. The summed E-state index contributed by atoms with van der Waals surface area (Å²) in [4.78, 5) is 26.0. The van der Waals surface area contributed by atoms with Crippen LogP contribution in [0.1, 0.15) is 65.2 Å². The van der Waals surface area contributed by atoms with Crippen molar-refractivity contribution in [3.63, 3.8) is 0 Å². The van der Waals surface area contributed by atoms with Gasteiger partial charge in [-0.25, -0.2) is 9.59 Å². The number of ether oxygens (including phenoxy) is 2. The third kappa shape index (κ3) is 8.35. The van der Waals surface area contributed by atoms with Gasteiger partial charge in [-0.2, -0.15) is 0 Å². The van der Waals surface area contributed by atoms with Crippen LogP contribution in [0.25, 0.3) is 0 Å². The van der Waals surface area contributed by atoms with Gasteiger partial charge < -0.3 is 24.8 Å². The summed E-state index contributed by atoms with van der Waals surface area (Å²) in [7, 11) is 0. The Balaban J connectivity index is 1.45. The van der Waals surface area contributed by atoms with Crippen molar-refractivity contribution in [2.75, 3.05) is 26.3 Å². The molecule has 0 aliphatic heterocycles. The highest BCUT2D eigenvalue weighted by atomic mass is 16.5. The number of urea groups is 1. The minimum absolute atomic E-state index is 0.0790. The van der Waals surface area contributed by atoms with Crippen LogP contribution in [0.15, 0.2) is 42.5 Å². The first-order chi connectivity index (χ1) is 17.4. The monoisotopic (exact) mass is 496 g/mol. The molecule has 2 atom stereocenters. The van der Waals surface area contributed by atoms with Crippen molar-refractivity contribution in [3.05, 3.63) is 70.3 Å². The molecular weight excluding hydrogens is 456 g/mol. The minimum atomic E-state index is -0.911. The summed E-state index contributed by atoms with van der Waals surface area (Å²) in [6, 6.07) is 13.7. The third-order valence-electron chi connectivity index (χ3n) is 6.75. The molecule has 0 aromatic heterocycles. The summed E-state index contributed by atoms with van der Waals surface area (Å²) in [5.74, 6) is -0.513. The van der Waals surface area contributed by atoms with E-state index in [2.05, 4.69) is 36.5 Å². The largest absolute Gasteiger partial charge is 0.478 e. The van der Waals surface area contributed by atoms with Crippen LogP contribution in [0.2, 0.25) is 0 Å². The number of amides is 2. The molecular formula is C29H40N2O5. The Kier molecular flexibility index (Phi) is 10.8. The Morgan fingerprint density at radius 2 is 1.89 bits per heavy atom. The Bertz CT molecular complexity index is 992. The van der Waals surface area contributed by atoms with Crippen molar-refractivity contribution in [1.29, 1.82) is 0 Å². The maximum Gasteiger partial charge on any atom is 0.336 e. The molecule has 1 aliphatic carbocycles. The van der Waals surface area contributed by atoms with Crippen LogP contribution in [0.4, 0.5) is 4.79 Å². The third-order valence-corrected chi connectivity index (χ3v) is 6.75. The van der Waals surface area contributed by atoms with Gasteiger partial charge in [-0.3, -0.25) is 0 Å². The molecule has 196 valence electrons. The number of rotatable bonds is 12. The SMILES string of the molecule is CCNC(=O)N(CCOCC1CCC[C@@H](OCc2cccc(C)c2C(=O)O)C1)Cc1ccc(C)cc1. The number of carbonyl (C=O) groups excluding carboxylic acids is 1. The molecule has 3 rings (SSSR count). The molecule has 1 unspecified atom stereocenters. The van der Waals surface area contributed by atoms with E-state index in [0.29, 0.717) is 50.9 Å². The van der Waals surface area contributed by atoms with Gasteiger partial charge in [-0.05, 0) is 62.6 Å². The number of aromatic carboxylic acids is 1.